The molecule has 4 nitrogen and oxygen atoms in total. The number of ether oxygens (including phenoxy) is 2. The standard InChI is InChI=1S/C13H22O4/c1-13(2)7-5-6-10(16-3)12(13)9(14)8-11(15)17-4/h10,12H,5-8H2,1-4H3/t10-,12+/m1/s1. The molecule has 0 unspecified atom stereocenters. The topological polar surface area (TPSA) is 52.6 Å². The summed E-state index contributed by atoms with van der Waals surface area (Å²) >= 11 is 0. The zero-order valence-corrected chi connectivity index (χ0v) is 11.1. The zero-order chi connectivity index (χ0) is 13.1. The molecule has 98 valence electrons. The second-order valence-corrected chi connectivity index (χ2v) is 5.35. The minimum absolute atomic E-state index is 0.0617. The summed E-state index contributed by atoms with van der Waals surface area (Å²) in [6.45, 7) is 4.13. The maximum absolute atomic E-state index is 12.2. The van der Waals surface area contributed by atoms with Crippen molar-refractivity contribution in [2.75, 3.05) is 14.2 Å². The molecule has 4 heteroatoms. The van der Waals surface area contributed by atoms with Crippen LogP contribution in [0.4, 0.5) is 0 Å². The quantitative estimate of drug-likeness (QED) is 0.558. The Morgan fingerprint density at radius 1 is 1.29 bits per heavy atom. The van der Waals surface area contributed by atoms with Gasteiger partial charge in [-0.25, -0.2) is 0 Å². The van der Waals surface area contributed by atoms with Crippen molar-refractivity contribution < 1.29 is 19.1 Å². The van der Waals surface area contributed by atoms with Crippen molar-refractivity contribution in [3.63, 3.8) is 0 Å². The Kier molecular flexibility index (Phi) is 4.69. The molecule has 2 atom stereocenters. The number of rotatable bonds is 4. The van der Waals surface area contributed by atoms with Crippen molar-refractivity contribution in [2.45, 2.75) is 45.6 Å². The number of Topliss-reactive ketones (excluding diaryl/α,β-unsaturated/α-hetero) is 1. The predicted octanol–water partition coefficient (Wildman–Crippen LogP) is 1.96. The molecule has 0 saturated heterocycles. The van der Waals surface area contributed by atoms with Crippen molar-refractivity contribution in [2.24, 2.45) is 11.3 Å². The van der Waals surface area contributed by atoms with Gasteiger partial charge in [0.25, 0.3) is 0 Å². The molecular formula is C13H22O4. The van der Waals surface area contributed by atoms with Crippen molar-refractivity contribution in [3.05, 3.63) is 0 Å². The molecular weight excluding hydrogens is 220 g/mol. The number of carbonyl (C=O) groups excluding carboxylic acids is 2. The van der Waals surface area contributed by atoms with Crippen LogP contribution < -0.4 is 0 Å². The van der Waals surface area contributed by atoms with E-state index in [1.54, 1.807) is 7.11 Å². The van der Waals surface area contributed by atoms with E-state index in [-0.39, 0.29) is 29.6 Å². The lowest BCUT2D eigenvalue weighted by Crippen LogP contribution is -2.44. The lowest BCUT2D eigenvalue weighted by molar-refractivity contribution is -0.148. The van der Waals surface area contributed by atoms with E-state index in [2.05, 4.69) is 18.6 Å². The van der Waals surface area contributed by atoms with Gasteiger partial charge in [0.2, 0.25) is 0 Å². The predicted molar refractivity (Wildman–Crippen MR) is 63.6 cm³/mol. The van der Waals surface area contributed by atoms with Gasteiger partial charge in [-0.3, -0.25) is 9.59 Å². The van der Waals surface area contributed by atoms with E-state index < -0.39 is 5.97 Å². The van der Waals surface area contributed by atoms with E-state index in [0.717, 1.165) is 19.3 Å². The van der Waals surface area contributed by atoms with Crippen LogP contribution in [0.1, 0.15) is 39.5 Å². The molecule has 0 aromatic carbocycles. The fourth-order valence-electron chi connectivity index (χ4n) is 2.81. The number of hydrogen-bond acceptors (Lipinski definition) is 4. The van der Waals surface area contributed by atoms with Crippen LogP contribution >= 0.6 is 0 Å². The van der Waals surface area contributed by atoms with Gasteiger partial charge >= 0.3 is 5.97 Å². The number of esters is 1. The molecule has 0 aliphatic heterocycles. The third-order valence-corrected chi connectivity index (χ3v) is 3.72. The minimum atomic E-state index is -0.466. The molecule has 1 saturated carbocycles. The summed E-state index contributed by atoms with van der Waals surface area (Å²) in [5.74, 6) is -0.736. The summed E-state index contributed by atoms with van der Waals surface area (Å²) in [5.41, 5.74) is -0.107. The van der Waals surface area contributed by atoms with Crippen LogP contribution in [0.5, 0.6) is 0 Å². The van der Waals surface area contributed by atoms with Crippen LogP contribution in [0.25, 0.3) is 0 Å². The van der Waals surface area contributed by atoms with Gasteiger partial charge in [-0.2, -0.15) is 0 Å². The molecule has 0 aromatic rings. The SMILES string of the molecule is COC(=O)CC(=O)[C@H]1[C@H](OC)CCCC1(C)C. The van der Waals surface area contributed by atoms with Gasteiger partial charge in [0, 0.05) is 13.0 Å². The average molecular weight is 242 g/mol. The highest BCUT2D eigenvalue weighted by Gasteiger charge is 2.43. The van der Waals surface area contributed by atoms with E-state index in [1.165, 1.54) is 7.11 Å². The van der Waals surface area contributed by atoms with Crippen LogP contribution in [0.2, 0.25) is 0 Å². The first-order valence-corrected chi connectivity index (χ1v) is 6.04. The molecule has 1 aliphatic rings. The highest BCUT2D eigenvalue weighted by Crippen LogP contribution is 2.42. The first kappa shape index (κ1) is 14.2. The van der Waals surface area contributed by atoms with E-state index >= 15 is 0 Å². The smallest absolute Gasteiger partial charge is 0.313 e. The van der Waals surface area contributed by atoms with Gasteiger partial charge in [0.15, 0.2) is 0 Å². The van der Waals surface area contributed by atoms with Crippen molar-refractivity contribution in [1.82, 2.24) is 0 Å². The summed E-state index contributed by atoms with van der Waals surface area (Å²) in [4.78, 5) is 23.4. The second kappa shape index (κ2) is 5.63. The molecule has 0 amide bonds. The van der Waals surface area contributed by atoms with Crippen molar-refractivity contribution in [3.8, 4) is 0 Å². The Balaban J connectivity index is 2.81. The van der Waals surface area contributed by atoms with Gasteiger partial charge in [0.1, 0.15) is 12.2 Å². The average Bonchev–Trinajstić information content (AvgIpc) is 2.26. The Hall–Kier alpha value is -0.900. The first-order valence-electron chi connectivity index (χ1n) is 6.04. The second-order valence-electron chi connectivity index (χ2n) is 5.35. The summed E-state index contributed by atoms with van der Waals surface area (Å²) in [7, 11) is 2.93. The fourth-order valence-corrected chi connectivity index (χ4v) is 2.81. The fraction of sp³-hybridized carbons (Fsp3) is 0.846. The molecule has 0 N–H and O–H groups in total. The Labute approximate surface area is 103 Å². The third-order valence-electron chi connectivity index (χ3n) is 3.72. The zero-order valence-electron chi connectivity index (χ0n) is 11.1. The largest absolute Gasteiger partial charge is 0.469 e. The molecule has 17 heavy (non-hydrogen) atoms. The van der Waals surface area contributed by atoms with Crippen LogP contribution in [0.3, 0.4) is 0 Å². The van der Waals surface area contributed by atoms with Gasteiger partial charge in [-0.1, -0.05) is 20.3 Å². The number of carbonyl (C=O) groups is 2. The highest BCUT2D eigenvalue weighted by atomic mass is 16.5. The summed E-state index contributed by atoms with van der Waals surface area (Å²) in [5, 5.41) is 0. The van der Waals surface area contributed by atoms with Crippen molar-refractivity contribution in [1.29, 1.82) is 0 Å². The van der Waals surface area contributed by atoms with Crippen LogP contribution in [0.15, 0.2) is 0 Å². The normalized spacial score (nSPS) is 27.5. The van der Waals surface area contributed by atoms with Crippen LogP contribution in [0, 0.1) is 11.3 Å². The van der Waals surface area contributed by atoms with E-state index in [0.29, 0.717) is 0 Å². The summed E-state index contributed by atoms with van der Waals surface area (Å²) in [6.07, 6.45) is 2.72. The molecule has 0 bridgehead atoms. The minimum Gasteiger partial charge on any atom is -0.469 e. The molecule has 0 aromatic heterocycles. The Bertz CT molecular complexity index is 296. The molecule has 0 spiro atoms. The maximum atomic E-state index is 12.2. The molecule has 1 fully saturated rings. The van der Waals surface area contributed by atoms with Crippen LogP contribution in [-0.2, 0) is 19.1 Å². The maximum Gasteiger partial charge on any atom is 0.313 e. The van der Waals surface area contributed by atoms with E-state index in [4.69, 9.17) is 4.74 Å². The Morgan fingerprint density at radius 2 is 1.94 bits per heavy atom. The molecule has 1 aliphatic carbocycles. The number of methoxy groups -OCH3 is 2. The molecule has 0 heterocycles. The summed E-state index contributed by atoms with van der Waals surface area (Å²) in [6, 6.07) is 0. The van der Waals surface area contributed by atoms with Crippen LogP contribution in [-0.4, -0.2) is 32.1 Å². The van der Waals surface area contributed by atoms with Gasteiger partial charge in [-0.15, -0.1) is 0 Å². The number of hydrogen-bond donors (Lipinski definition) is 0. The molecule has 0 radical (unpaired) electrons. The number of ketones is 1. The highest BCUT2D eigenvalue weighted by molar-refractivity contribution is 5.97. The lowest BCUT2D eigenvalue weighted by Gasteiger charge is -2.42. The van der Waals surface area contributed by atoms with Gasteiger partial charge in [-0.05, 0) is 18.3 Å². The van der Waals surface area contributed by atoms with E-state index in [1.807, 2.05) is 0 Å². The summed E-state index contributed by atoms with van der Waals surface area (Å²) < 4.78 is 9.95. The molecule has 1 rings (SSSR count). The van der Waals surface area contributed by atoms with Crippen molar-refractivity contribution >= 4 is 11.8 Å². The monoisotopic (exact) mass is 242 g/mol. The van der Waals surface area contributed by atoms with E-state index in [9.17, 15) is 9.59 Å². The van der Waals surface area contributed by atoms with Gasteiger partial charge in [0.05, 0.1) is 13.2 Å². The van der Waals surface area contributed by atoms with Gasteiger partial charge < -0.3 is 9.47 Å². The lowest BCUT2D eigenvalue weighted by atomic mass is 9.65. The Morgan fingerprint density at radius 3 is 2.47 bits per heavy atom. The first-order chi connectivity index (χ1) is 7.92. The third kappa shape index (κ3) is 3.28.